The number of nitrogens with two attached hydrogens (primary N) is 1. The molecular weight excluding hydrogens is 404 g/mol. The third-order valence-corrected chi connectivity index (χ3v) is 5.69. The number of hydrogen-bond donors (Lipinski definition) is 1. The first-order valence-corrected chi connectivity index (χ1v) is 10.3. The van der Waals surface area contributed by atoms with Crippen molar-refractivity contribution in [3.05, 3.63) is 60.9 Å². The zero-order valence-electron chi connectivity index (χ0n) is 17.6. The third kappa shape index (κ3) is 3.85. The summed E-state index contributed by atoms with van der Waals surface area (Å²) in [6.45, 7) is 3.16. The van der Waals surface area contributed by atoms with Gasteiger partial charge in [0.15, 0.2) is 0 Å². The van der Waals surface area contributed by atoms with Crippen LogP contribution in [-0.2, 0) is 0 Å². The Hall–Kier alpha value is -3.98. The molecule has 4 heterocycles. The van der Waals surface area contributed by atoms with Gasteiger partial charge < -0.3 is 15.5 Å². The average molecular weight is 426 g/mol. The fourth-order valence-electron chi connectivity index (χ4n) is 3.83. The Morgan fingerprint density at radius 1 is 0.875 bits per heavy atom. The van der Waals surface area contributed by atoms with Crippen molar-refractivity contribution in [3.63, 3.8) is 0 Å². The second kappa shape index (κ2) is 8.27. The standard InChI is InChI=1S/C23H22N8O/c1-30-4-6-31(7-5-30)22(32)17-8-16(10-25-11-17)21-19-9-15(2-3-20(19)28-14-29-21)18-12-26-23(24)27-13-18/h2-3,8-14H,4-7H2,1H3,(H2,24,26,27). The van der Waals surface area contributed by atoms with E-state index in [1.54, 1.807) is 24.8 Å². The number of pyridine rings is 1. The van der Waals surface area contributed by atoms with Gasteiger partial charge in [0, 0.05) is 67.5 Å². The molecule has 1 fully saturated rings. The molecule has 1 amide bonds. The molecule has 2 N–H and O–H groups in total. The predicted octanol–water partition coefficient (Wildman–Crippen LogP) is 2.12. The molecule has 0 unspecified atom stereocenters. The third-order valence-electron chi connectivity index (χ3n) is 5.69. The minimum atomic E-state index is -0.00877. The quantitative estimate of drug-likeness (QED) is 0.530. The van der Waals surface area contributed by atoms with Gasteiger partial charge in [-0.1, -0.05) is 6.07 Å². The maximum absolute atomic E-state index is 13.0. The molecule has 160 valence electrons. The van der Waals surface area contributed by atoms with E-state index in [1.807, 2.05) is 29.2 Å². The lowest BCUT2D eigenvalue weighted by atomic mass is 10.0. The first-order chi connectivity index (χ1) is 15.6. The van der Waals surface area contributed by atoms with Crippen LogP contribution in [0, 0.1) is 0 Å². The second-order valence-electron chi connectivity index (χ2n) is 7.84. The number of likely N-dealkylation sites (N-methyl/N-ethyl adjacent to an activating group) is 1. The van der Waals surface area contributed by atoms with E-state index in [4.69, 9.17) is 5.73 Å². The van der Waals surface area contributed by atoms with Crippen molar-refractivity contribution >= 4 is 22.8 Å². The smallest absolute Gasteiger partial charge is 0.255 e. The number of hydrogen-bond acceptors (Lipinski definition) is 8. The lowest BCUT2D eigenvalue weighted by Crippen LogP contribution is -2.47. The van der Waals surface area contributed by atoms with Crippen molar-refractivity contribution < 1.29 is 4.79 Å². The fraction of sp³-hybridized carbons (Fsp3) is 0.217. The Kier molecular flexibility index (Phi) is 5.16. The SMILES string of the molecule is CN1CCN(C(=O)c2cncc(-c3ncnc4ccc(-c5cnc(N)nc5)cc34)c2)CC1. The summed E-state index contributed by atoms with van der Waals surface area (Å²) in [7, 11) is 2.06. The monoisotopic (exact) mass is 426 g/mol. The first-order valence-electron chi connectivity index (χ1n) is 10.3. The minimum Gasteiger partial charge on any atom is -0.368 e. The molecule has 1 aromatic carbocycles. The van der Waals surface area contributed by atoms with E-state index < -0.39 is 0 Å². The Balaban J connectivity index is 1.53. The van der Waals surface area contributed by atoms with Crippen molar-refractivity contribution in [3.8, 4) is 22.4 Å². The Bertz CT molecular complexity index is 1280. The summed E-state index contributed by atoms with van der Waals surface area (Å²) < 4.78 is 0. The number of carbonyl (C=O) groups excluding carboxylic acids is 1. The van der Waals surface area contributed by atoms with Crippen LogP contribution in [0.3, 0.4) is 0 Å². The van der Waals surface area contributed by atoms with Gasteiger partial charge in [-0.25, -0.2) is 19.9 Å². The molecule has 0 saturated carbocycles. The van der Waals surface area contributed by atoms with Crippen LogP contribution in [0.4, 0.5) is 5.95 Å². The highest BCUT2D eigenvalue weighted by Gasteiger charge is 2.21. The fourth-order valence-corrected chi connectivity index (χ4v) is 3.83. The maximum Gasteiger partial charge on any atom is 0.255 e. The number of fused-ring (bicyclic) bond motifs is 1. The molecule has 5 rings (SSSR count). The molecule has 1 aliphatic rings. The highest BCUT2D eigenvalue weighted by atomic mass is 16.2. The van der Waals surface area contributed by atoms with Crippen molar-refractivity contribution in [2.75, 3.05) is 39.0 Å². The average Bonchev–Trinajstić information content (AvgIpc) is 2.84. The molecule has 32 heavy (non-hydrogen) atoms. The topological polar surface area (TPSA) is 114 Å². The van der Waals surface area contributed by atoms with E-state index in [-0.39, 0.29) is 11.9 Å². The van der Waals surface area contributed by atoms with E-state index in [0.29, 0.717) is 24.3 Å². The molecular formula is C23H22N8O. The molecule has 0 aliphatic carbocycles. The number of aromatic nitrogens is 5. The van der Waals surface area contributed by atoms with Crippen molar-refractivity contribution in [2.24, 2.45) is 0 Å². The summed E-state index contributed by atoms with van der Waals surface area (Å²) >= 11 is 0. The van der Waals surface area contributed by atoms with E-state index in [2.05, 4.69) is 36.9 Å². The van der Waals surface area contributed by atoms with Crippen LogP contribution < -0.4 is 5.73 Å². The van der Waals surface area contributed by atoms with Gasteiger partial charge in [0.2, 0.25) is 5.95 Å². The maximum atomic E-state index is 13.0. The number of carbonyl (C=O) groups is 1. The number of amides is 1. The highest BCUT2D eigenvalue weighted by Crippen LogP contribution is 2.29. The molecule has 9 heteroatoms. The van der Waals surface area contributed by atoms with Gasteiger partial charge in [0.25, 0.3) is 5.91 Å². The summed E-state index contributed by atoms with van der Waals surface area (Å²) in [5, 5.41) is 0.854. The summed E-state index contributed by atoms with van der Waals surface area (Å²) in [5.41, 5.74) is 10.2. The summed E-state index contributed by atoms with van der Waals surface area (Å²) in [5.74, 6) is 0.219. The zero-order valence-corrected chi connectivity index (χ0v) is 17.6. The molecule has 0 radical (unpaired) electrons. The van der Waals surface area contributed by atoms with Gasteiger partial charge in [0.1, 0.15) is 6.33 Å². The van der Waals surface area contributed by atoms with E-state index in [1.165, 1.54) is 6.33 Å². The van der Waals surface area contributed by atoms with Crippen LogP contribution in [-0.4, -0.2) is 73.9 Å². The van der Waals surface area contributed by atoms with Gasteiger partial charge >= 0.3 is 0 Å². The van der Waals surface area contributed by atoms with Crippen LogP contribution in [0.2, 0.25) is 0 Å². The highest BCUT2D eigenvalue weighted by molar-refractivity contribution is 5.98. The van der Waals surface area contributed by atoms with E-state index in [9.17, 15) is 4.79 Å². The van der Waals surface area contributed by atoms with Gasteiger partial charge in [-0.05, 0) is 30.8 Å². The molecule has 0 bridgehead atoms. The second-order valence-corrected chi connectivity index (χ2v) is 7.84. The zero-order chi connectivity index (χ0) is 22.1. The Morgan fingerprint density at radius 2 is 1.66 bits per heavy atom. The lowest BCUT2D eigenvalue weighted by molar-refractivity contribution is 0.0663. The normalized spacial score (nSPS) is 14.6. The Morgan fingerprint density at radius 3 is 2.44 bits per heavy atom. The molecule has 4 aromatic rings. The molecule has 1 saturated heterocycles. The van der Waals surface area contributed by atoms with E-state index in [0.717, 1.165) is 40.7 Å². The lowest BCUT2D eigenvalue weighted by Gasteiger charge is -2.32. The Labute approximate surface area is 185 Å². The van der Waals surface area contributed by atoms with Gasteiger partial charge in [-0.2, -0.15) is 0 Å². The number of nitrogen functional groups attached to an aromatic ring is 1. The van der Waals surface area contributed by atoms with Crippen LogP contribution >= 0.6 is 0 Å². The number of benzene rings is 1. The number of anilines is 1. The van der Waals surface area contributed by atoms with E-state index >= 15 is 0 Å². The van der Waals surface area contributed by atoms with Gasteiger partial charge in [0.05, 0.1) is 16.8 Å². The molecule has 9 nitrogen and oxygen atoms in total. The minimum absolute atomic E-state index is 0.00877. The van der Waals surface area contributed by atoms with Gasteiger partial charge in [-0.3, -0.25) is 9.78 Å². The summed E-state index contributed by atoms with van der Waals surface area (Å²) in [6.07, 6.45) is 8.23. The van der Waals surface area contributed by atoms with Crippen molar-refractivity contribution in [1.29, 1.82) is 0 Å². The van der Waals surface area contributed by atoms with Crippen molar-refractivity contribution in [2.45, 2.75) is 0 Å². The molecule has 0 atom stereocenters. The van der Waals surface area contributed by atoms with Crippen molar-refractivity contribution in [1.82, 2.24) is 34.7 Å². The number of rotatable bonds is 3. The summed E-state index contributed by atoms with van der Waals surface area (Å²) in [6, 6.07) is 7.74. The van der Waals surface area contributed by atoms with Crippen LogP contribution in [0.15, 0.2) is 55.4 Å². The largest absolute Gasteiger partial charge is 0.368 e. The van der Waals surface area contributed by atoms with Crippen LogP contribution in [0.1, 0.15) is 10.4 Å². The molecule has 0 spiro atoms. The number of piperazine rings is 1. The van der Waals surface area contributed by atoms with Gasteiger partial charge in [-0.15, -0.1) is 0 Å². The first kappa shape index (κ1) is 20.0. The molecule has 1 aliphatic heterocycles. The molecule has 3 aromatic heterocycles. The van der Waals surface area contributed by atoms with Crippen LogP contribution in [0.5, 0.6) is 0 Å². The van der Waals surface area contributed by atoms with Crippen LogP contribution in [0.25, 0.3) is 33.3 Å². The predicted molar refractivity (Wildman–Crippen MR) is 122 cm³/mol. The summed E-state index contributed by atoms with van der Waals surface area (Å²) in [4.78, 5) is 38.5. The number of nitrogens with zero attached hydrogens (tertiary/aromatic N) is 7.